The van der Waals surface area contributed by atoms with Crippen LogP contribution in [0.25, 0.3) is 15.4 Å². The fourth-order valence-corrected chi connectivity index (χ4v) is 2.86. The van der Waals surface area contributed by atoms with Crippen LogP contribution in [0.4, 0.5) is 0 Å². The molecule has 94 valence electrons. The summed E-state index contributed by atoms with van der Waals surface area (Å²) in [6.07, 6.45) is 2.25. The summed E-state index contributed by atoms with van der Waals surface area (Å²) in [5.41, 5.74) is 0.869. The summed E-state index contributed by atoms with van der Waals surface area (Å²) in [6, 6.07) is 9.65. The van der Waals surface area contributed by atoms with Crippen LogP contribution in [0.2, 0.25) is 0 Å². The van der Waals surface area contributed by atoms with E-state index in [1.54, 1.807) is 6.20 Å². The predicted molar refractivity (Wildman–Crippen MR) is 70.9 cm³/mol. The Kier molecular flexibility index (Phi) is 2.64. The molecular formula is C13H8N2O3S. The minimum Gasteiger partial charge on any atom is -0.476 e. The zero-order chi connectivity index (χ0) is 13.4. The fraction of sp³-hybridized carbons (Fsp3) is 0. The van der Waals surface area contributed by atoms with E-state index in [-0.39, 0.29) is 11.4 Å². The molecule has 6 heteroatoms. The molecule has 0 amide bonds. The molecule has 1 aromatic carbocycles. The molecule has 0 saturated heterocycles. The Balaban J connectivity index is 2.21. The van der Waals surface area contributed by atoms with Crippen LogP contribution in [0.3, 0.4) is 0 Å². The summed E-state index contributed by atoms with van der Waals surface area (Å²) in [6.45, 7) is 0. The Morgan fingerprint density at radius 3 is 2.68 bits per heavy atom. The van der Waals surface area contributed by atoms with Crippen molar-refractivity contribution in [2.24, 2.45) is 0 Å². The SMILES string of the molecule is O=Cc1c(C(=O)O)nc2sc(-c3ccccc3)cn12. The van der Waals surface area contributed by atoms with Gasteiger partial charge in [-0.3, -0.25) is 9.20 Å². The Labute approximate surface area is 111 Å². The van der Waals surface area contributed by atoms with Crippen molar-refractivity contribution in [2.45, 2.75) is 0 Å². The largest absolute Gasteiger partial charge is 0.476 e. The lowest BCUT2D eigenvalue weighted by atomic mass is 10.2. The van der Waals surface area contributed by atoms with E-state index in [0.717, 1.165) is 10.4 Å². The molecule has 1 N–H and O–H groups in total. The van der Waals surface area contributed by atoms with Gasteiger partial charge in [0.15, 0.2) is 16.9 Å². The second-order valence-electron chi connectivity index (χ2n) is 3.88. The average molecular weight is 272 g/mol. The molecule has 0 aliphatic heterocycles. The Bertz CT molecular complexity index is 774. The molecule has 0 aliphatic rings. The number of fused-ring (bicyclic) bond motifs is 1. The number of aldehydes is 1. The van der Waals surface area contributed by atoms with E-state index < -0.39 is 5.97 Å². The Morgan fingerprint density at radius 2 is 2.05 bits per heavy atom. The lowest BCUT2D eigenvalue weighted by Crippen LogP contribution is -2.02. The van der Waals surface area contributed by atoms with E-state index in [1.807, 2.05) is 30.3 Å². The van der Waals surface area contributed by atoms with Gasteiger partial charge in [-0.15, -0.1) is 0 Å². The highest BCUT2D eigenvalue weighted by Crippen LogP contribution is 2.29. The van der Waals surface area contributed by atoms with Crippen molar-refractivity contribution in [1.29, 1.82) is 0 Å². The molecule has 3 aromatic rings. The Morgan fingerprint density at radius 1 is 1.32 bits per heavy atom. The number of aromatic nitrogens is 2. The molecule has 0 unspecified atom stereocenters. The quantitative estimate of drug-likeness (QED) is 0.744. The number of nitrogens with zero attached hydrogens (tertiary/aromatic N) is 2. The van der Waals surface area contributed by atoms with E-state index in [1.165, 1.54) is 15.7 Å². The van der Waals surface area contributed by atoms with Gasteiger partial charge in [-0.25, -0.2) is 9.78 Å². The molecule has 0 fully saturated rings. The molecule has 19 heavy (non-hydrogen) atoms. The van der Waals surface area contributed by atoms with Crippen molar-refractivity contribution in [3.05, 3.63) is 47.9 Å². The predicted octanol–water partition coefficient (Wildman–Crippen LogP) is 2.57. The Hall–Kier alpha value is -2.47. The number of hydrogen-bond acceptors (Lipinski definition) is 4. The van der Waals surface area contributed by atoms with Gasteiger partial charge in [-0.1, -0.05) is 41.7 Å². The van der Waals surface area contributed by atoms with Crippen LogP contribution in [0.1, 0.15) is 21.0 Å². The molecule has 0 bridgehead atoms. The summed E-state index contributed by atoms with van der Waals surface area (Å²) >= 11 is 1.35. The van der Waals surface area contributed by atoms with Crippen LogP contribution >= 0.6 is 11.3 Å². The molecule has 0 aliphatic carbocycles. The topological polar surface area (TPSA) is 71.7 Å². The van der Waals surface area contributed by atoms with E-state index in [9.17, 15) is 9.59 Å². The van der Waals surface area contributed by atoms with Crippen LogP contribution in [0.15, 0.2) is 36.5 Å². The van der Waals surface area contributed by atoms with Crippen molar-refractivity contribution < 1.29 is 14.7 Å². The summed E-state index contributed by atoms with van der Waals surface area (Å²) in [7, 11) is 0. The van der Waals surface area contributed by atoms with Gasteiger partial charge < -0.3 is 5.11 Å². The van der Waals surface area contributed by atoms with Crippen LogP contribution in [0, 0.1) is 0 Å². The van der Waals surface area contributed by atoms with Gasteiger partial charge in [-0.05, 0) is 5.56 Å². The first-order valence-electron chi connectivity index (χ1n) is 5.46. The molecule has 5 nitrogen and oxygen atoms in total. The molecule has 2 heterocycles. The van der Waals surface area contributed by atoms with Crippen molar-refractivity contribution in [3.63, 3.8) is 0 Å². The first-order chi connectivity index (χ1) is 9.20. The third-order valence-corrected chi connectivity index (χ3v) is 3.77. The third kappa shape index (κ3) is 1.82. The van der Waals surface area contributed by atoms with Gasteiger partial charge in [0.2, 0.25) is 0 Å². The summed E-state index contributed by atoms with van der Waals surface area (Å²) in [5.74, 6) is -1.20. The zero-order valence-corrected chi connectivity index (χ0v) is 10.4. The zero-order valence-electron chi connectivity index (χ0n) is 9.61. The summed E-state index contributed by atoms with van der Waals surface area (Å²) in [4.78, 5) is 27.4. The first kappa shape index (κ1) is 11.6. The number of carbonyl (C=O) groups excluding carboxylic acids is 1. The fourth-order valence-electron chi connectivity index (χ4n) is 1.87. The van der Waals surface area contributed by atoms with E-state index in [0.29, 0.717) is 11.2 Å². The molecule has 0 radical (unpaired) electrons. The molecule has 2 aromatic heterocycles. The second-order valence-corrected chi connectivity index (χ2v) is 4.89. The number of imidazole rings is 1. The van der Waals surface area contributed by atoms with Gasteiger partial charge in [-0.2, -0.15) is 0 Å². The lowest BCUT2D eigenvalue weighted by Gasteiger charge is -1.94. The van der Waals surface area contributed by atoms with Crippen LogP contribution in [-0.4, -0.2) is 26.7 Å². The van der Waals surface area contributed by atoms with Gasteiger partial charge in [0.1, 0.15) is 5.69 Å². The smallest absolute Gasteiger partial charge is 0.356 e. The number of carbonyl (C=O) groups is 2. The summed E-state index contributed by atoms with van der Waals surface area (Å²) < 4.78 is 1.52. The van der Waals surface area contributed by atoms with E-state index in [2.05, 4.69) is 4.98 Å². The number of carboxylic acid groups (broad SMARTS) is 1. The number of hydrogen-bond donors (Lipinski definition) is 1. The second kappa shape index (κ2) is 4.33. The van der Waals surface area contributed by atoms with Crippen LogP contribution in [0.5, 0.6) is 0 Å². The van der Waals surface area contributed by atoms with Gasteiger partial charge in [0, 0.05) is 6.20 Å². The average Bonchev–Trinajstić information content (AvgIpc) is 2.96. The third-order valence-electron chi connectivity index (χ3n) is 2.74. The molecule has 0 spiro atoms. The first-order valence-corrected chi connectivity index (χ1v) is 6.28. The monoisotopic (exact) mass is 272 g/mol. The van der Waals surface area contributed by atoms with Gasteiger partial charge >= 0.3 is 5.97 Å². The normalized spacial score (nSPS) is 10.7. The number of aromatic carboxylic acids is 1. The number of carboxylic acids is 1. The maximum atomic E-state index is 11.0. The minimum absolute atomic E-state index is 0.0703. The standard InChI is InChI=1S/C13H8N2O3S/c16-7-9-11(12(17)18)14-13-15(9)6-10(19-13)8-4-2-1-3-5-8/h1-7H,(H,17,18). The van der Waals surface area contributed by atoms with E-state index >= 15 is 0 Å². The van der Waals surface area contributed by atoms with Crippen molar-refractivity contribution in [2.75, 3.05) is 0 Å². The van der Waals surface area contributed by atoms with Gasteiger partial charge in [0.25, 0.3) is 0 Å². The van der Waals surface area contributed by atoms with Crippen LogP contribution in [-0.2, 0) is 0 Å². The number of rotatable bonds is 3. The van der Waals surface area contributed by atoms with Gasteiger partial charge in [0.05, 0.1) is 4.88 Å². The molecule has 0 saturated carbocycles. The maximum Gasteiger partial charge on any atom is 0.356 e. The number of benzene rings is 1. The maximum absolute atomic E-state index is 11.0. The van der Waals surface area contributed by atoms with Crippen molar-refractivity contribution in [3.8, 4) is 10.4 Å². The highest BCUT2D eigenvalue weighted by molar-refractivity contribution is 7.20. The van der Waals surface area contributed by atoms with Crippen molar-refractivity contribution >= 4 is 28.6 Å². The highest BCUT2D eigenvalue weighted by atomic mass is 32.1. The van der Waals surface area contributed by atoms with Crippen molar-refractivity contribution in [1.82, 2.24) is 9.38 Å². The van der Waals surface area contributed by atoms with Crippen LogP contribution < -0.4 is 0 Å². The molecular weight excluding hydrogens is 264 g/mol. The molecule has 0 atom stereocenters. The number of thiazole rings is 1. The highest BCUT2D eigenvalue weighted by Gasteiger charge is 2.19. The summed E-state index contributed by atoms with van der Waals surface area (Å²) in [5, 5.41) is 8.97. The van der Waals surface area contributed by atoms with E-state index in [4.69, 9.17) is 5.11 Å². The lowest BCUT2D eigenvalue weighted by molar-refractivity contribution is 0.0688. The molecule has 3 rings (SSSR count). The minimum atomic E-state index is -1.20.